The molecule has 1 amide bonds. The highest BCUT2D eigenvalue weighted by atomic mass is 32.1. The molecule has 0 aliphatic rings. The summed E-state index contributed by atoms with van der Waals surface area (Å²) in [5.74, 6) is -2.24. The maximum absolute atomic E-state index is 13.7. The molecule has 0 aliphatic heterocycles. The molecule has 1 aromatic carbocycles. The number of carbonyl (C=O) groups is 1. The summed E-state index contributed by atoms with van der Waals surface area (Å²) in [6.45, 7) is 0.208. The number of nitrogens with one attached hydrogen (secondary N) is 1. The topological polar surface area (TPSA) is 58.4 Å². The van der Waals surface area contributed by atoms with Crippen molar-refractivity contribution in [3.63, 3.8) is 0 Å². The molecule has 0 aromatic heterocycles. The molecular formula is C12H15F2N3OS. The molecule has 3 N–H and O–H groups in total. The molecule has 0 aliphatic carbocycles. The Labute approximate surface area is 115 Å². The van der Waals surface area contributed by atoms with Crippen LogP contribution in [0.15, 0.2) is 12.1 Å². The fraction of sp³-hybridized carbons (Fsp3) is 0.333. The highest BCUT2D eigenvalue weighted by Gasteiger charge is 2.15. The molecule has 104 valence electrons. The average molecular weight is 287 g/mol. The number of thiocarbonyl (C=S) groups is 1. The normalized spacial score (nSPS) is 10.1. The van der Waals surface area contributed by atoms with Crippen LogP contribution in [-0.4, -0.2) is 36.4 Å². The molecule has 1 rings (SSSR count). The first-order valence-electron chi connectivity index (χ1n) is 5.56. The first-order valence-corrected chi connectivity index (χ1v) is 5.97. The highest BCUT2D eigenvalue weighted by molar-refractivity contribution is 7.80. The number of amides is 1. The largest absolute Gasteiger partial charge is 0.389 e. The zero-order valence-electron chi connectivity index (χ0n) is 10.7. The van der Waals surface area contributed by atoms with Crippen LogP contribution in [0.3, 0.4) is 0 Å². The summed E-state index contributed by atoms with van der Waals surface area (Å²) in [5.41, 5.74) is 5.10. The third-order valence-electron chi connectivity index (χ3n) is 2.50. The minimum Gasteiger partial charge on any atom is -0.389 e. The Morgan fingerprint density at radius 1 is 1.37 bits per heavy atom. The number of nitrogens with zero attached hydrogens (tertiary/aromatic N) is 1. The first-order chi connectivity index (χ1) is 8.84. The Bertz CT molecular complexity index is 506. The van der Waals surface area contributed by atoms with Gasteiger partial charge in [0.1, 0.15) is 4.99 Å². The van der Waals surface area contributed by atoms with Crippen molar-refractivity contribution in [2.24, 2.45) is 5.73 Å². The summed E-state index contributed by atoms with van der Waals surface area (Å²) in [6, 6.07) is 2.64. The zero-order chi connectivity index (χ0) is 14.6. The Kier molecular flexibility index (Phi) is 5.17. The van der Waals surface area contributed by atoms with Gasteiger partial charge in [-0.15, -0.1) is 0 Å². The molecule has 0 saturated heterocycles. The first kappa shape index (κ1) is 15.3. The van der Waals surface area contributed by atoms with Crippen molar-refractivity contribution < 1.29 is 13.6 Å². The maximum Gasteiger partial charge on any atom is 0.223 e. The molecule has 0 heterocycles. The van der Waals surface area contributed by atoms with Crippen LogP contribution in [0.4, 0.5) is 14.5 Å². The van der Waals surface area contributed by atoms with Crippen molar-refractivity contribution in [1.82, 2.24) is 4.90 Å². The fourth-order valence-corrected chi connectivity index (χ4v) is 1.56. The molecule has 0 fully saturated rings. The van der Waals surface area contributed by atoms with E-state index >= 15 is 0 Å². The van der Waals surface area contributed by atoms with Crippen LogP contribution in [0.1, 0.15) is 12.0 Å². The summed E-state index contributed by atoms with van der Waals surface area (Å²) < 4.78 is 27.2. The average Bonchev–Trinajstić information content (AvgIpc) is 2.33. The molecule has 0 bridgehead atoms. The van der Waals surface area contributed by atoms with Gasteiger partial charge in [0.05, 0.1) is 5.69 Å². The SMILES string of the molecule is CN(C)C(=O)CCNc1ccc(C(N)=S)c(F)c1F. The predicted molar refractivity (Wildman–Crippen MR) is 74.0 cm³/mol. The summed E-state index contributed by atoms with van der Waals surface area (Å²) in [7, 11) is 3.25. The van der Waals surface area contributed by atoms with Gasteiger partial charge in [-0.25, -0.2) is 8.78 Å². The molecule has 19 heavy (non-hydrogen) atoms. The third-order valence-corrected chi connectivity index (χ3v) is 2.72. The van der Waals surface area contributed by atoms with E-state index in [0.717, 1.165) is 0 Å². The molecule has 0 spiro atoms. The Morgan fingerprint density at radius 3 is 2.53 bits per heavy atom. The lowest BCUT2D eigenvalue weighted by Gasteiger charge is -2.12. The number of benzene rings is 1. The second kappa shape index (κ2) is 6.42. The van der Waals surface area contributed by atoms with Crippen LogP contribution >= 0.6 is 12.2 Å². The minimum atomic E-state index is -1.09. The molecule has 0 saturated carbocycles. The van der Waals surface area contributed by atoms with Gasteiger partial charge in [0.25, 0.3) is 0 Å². The van der Waals surface area contributed by atoms with Crippen molar-refractivity contribution in [3.05, 3.63) is 29.3 Å². The van der Waals surface area contributed by atoms with Crippen molar-refractivity contribution in [3.8, 4) is 0 Å². The van der Waals surface area contributed by atoms with Crippen molar-refractivity contribution in [1.29, 1.82) is 0 Å². The van der Waals surface area contributed by atoms with Crippen LogP contribution in [0, 0.1) is 11.6 Å². The molecule has 0 unspecified atom stereocenters. The van der Waals surface area contributed by atoms with E-state index in [-0.39, 0.29) is 35.1 Å². The predicted octanol–water partition coefficient (Wildman–Crippen LogP) is 1.49. The van der Waals surface area contributed by atoms with E-state index in [1.807, 2.05) is 0 Å². The zero-order valence-corrected chi connectivity index (χ0v) is 11.5. The summed E-state index contributed by atoms with van der Waals surface area (Å²) in [4.78, 5) is 12.5. The van der Waals surface area contributed by atoms with E-state index in [4.69, 9.17) is 5.73 Å². The van der Waals surface area contributed by atoms with Gasteiger partial charge in [0, 0.05) is 32.6 Å². The van der Waals surface area contributed by atoms with Crippen LogP contribution in [0.5, 0.6) is 0 Å². The number of hydrogen-bond acceptors (Lipinski definition) is 3. The highest BCUT2D eigenvalue weighted by Crippen LogP contribution is 2.20. The third kappa shape index (κ3) is 3.85. The Morgan fingerprint density at radius 2 is 2.00 bits per heavy atom. The molecule has 0 radical (unpaired) electrons. The lowest BCUT2D eigenvalue weighted by Crippen LogP contribution is -2.24. The summed E-state index contributed by atoms with van der Waals surface area (Å²) in [5, 5.41) is 2.66. The number of anilines is 1. The lowest BCUT2D eigenvalue weighted by atomic mass is 10.1. The van der Waals surface area contributed by atoms with Gasteiger partial charge >= 0.3 is 0 Å². The molecule has 1 aromatic rings. The van der Waals surface area contributed by atoms with Gasteiger partial charge in [0.15, 0.2) is 11.6 Å². The van der Waals surface area contributed by atoms with Crippen LogP contribution in [0.25, 0.3) is 0 Å². The van der Waals surface area contributed by atoms with Crippen molar-refractivity contribution in [2.45, 2.75) is 6.42 Å². The van der Waals surface area contributed by atoms with E-state index in [9.17, 15) is 13.6 Å². The van der Waals surface area contributed by atoms with Crippen LogP contribution in [0.2, 0.25) is 0 Å². The van der Waals surface area contributed by atoms with Gasteiger partial charge < -0.3 is 16.0 Å². The standard InChI is InChI=1S/C12H15F2N3OS/c1-17(2)9(18)5-6-16-8-4-3-7(12(15)19)10(13)11(8)14/h3-4,16H,5-6H2,1-2H3,(H2,15,19). The molecule has 0 atom stereocenters. The second-order valence-corrected chi connectivity index (χ2v) is 4.56. The van der Waals surface area contributed by atoms with Gasteiger partial charge in [-0.3, -0.25) is 4.79 Å². The van der Waals surface area contributed by atoms with Gasteiger partial charge in [-0.05, 0) is 12.1 Å². The molecule has 4 nitrogen and oxygen atoms in total. The van der Waals surface area contributed by atoms with E-state index in [0.29, 0.717) is 0 Å². The Balaban J connectivity index is 2.73. The Hall–Kier alpha value is -1.76. The smallest absolute Gasteiger partial charge is 0.223 e. The van der Waals surface area contributed by atoms with Gasteiger partial charge in [-0.1, -0.05) is 12.2 Å². The van der Waals surface area contributed by atoms with E-state index < -0.39 is 11.6 Å². The number of nitrogens with two attached hydrogens (primary N) is 1. The number of halogens is 2. The molecule has 7 heteroatoms. The van der Waals surface area contributed by atoms with E-state index in [2.05, 4.69) is 17.5 Å². The minimum absolute atomic E-state index is 0.0240. The fourth-order valence-electron chi connectivity index (χ4n) is 1.40. The van der Waals surface area contributed by atoms with E-state index in [1.54, 1.807) is 14.1 Å². The van der Waals surface area contributed by atoms with Gasteiger partial charge in [-0.2, -0.15) is 0 Å². The monoisotopic (exact) mass is 287 g/mol. The number of carbonyl (C=O) groups excluding carboxylic acids is 1. The lowest BCUT2D eigenvalue weighted by molar-refractivity contribution is -0.128. The van der Waals surface area contributed by atoms with Crippen molar-refractivity contribution in [2.75, 3.05) is 26.0 Å². The van der Waals surface area contributed by atoms with Crippen molar-refractivity contribution >= 4 is 28.8 Å². The van der Waals surface area contributed by atoms with E-state index in [1.165, 1.54) is 17.0 Å². The quantitative estimate of drug-likeness (QED) is 0.806. The van der Waals surface area contributed by atoms with Crippen LogP contribution in [-0.2, 0) is 4.79 Å². The second-order valence-electron chi connectivity index (χ2n) is 4.12. The summed E-state index contributed by atoms with van der Waals surface area (Å²) >= 11 is 4.60. The molecular weight excluding hydrogens is 272 g/mol. The summed E-state index contributed by atoms with van der Waals surface area (Å²) in [6.07, 6.45) is 0.186. The van der Waals surface area contributed by atoms with Crippen LogP contribution < -0.4 is 11.1 Å². The van der Waals surface area contributed by atoms with Gasteiger partial charge in [0.2, 0.25) is 5.91 Å². The number of hydrogen-bond donors (Lipinski definition) is 2. The maximum atomic E-state index is 13.7. The number of rotatable bonds is 5.